The first-order valence-electron chi connectivity index (χ1n) is 2.00. The normalized spacial score (nSPS) is 9.12. The number of aromatic nitrogens is 2. The minimum Gasteiger partial charge on any atom is -0.267 e. The second-order valence-electron chi connectivity index (χ2n) is 1.23. The number of aromatic amines is 1. The molecule has 0 spiro atoms. The van der Waals surface area contributed by atoms with Crippen LogP contribution in [0.15, 0.2) is 12.3 Å². The summed E-state index contributed by atoms with van der Waals surface area (Å²) in [6.45, 7) is 0. The third kappa shape index (κ3) is 1.05. The summed E-state index contributed by atoms with van der Waals surface area (Å²) < 4.78 is 0.481. The highest BCUT2D eigenvalue weighted by Gasteiger charge is 1.83. The minimum atomic E-state index is 0.481. The van der Waals surface area contributed by atoms with Crippen LogP contribution in [-0.4, -0.2) is 10.2 Å². The van der Waals surface area contributed by atoms with Crippen LogP contribution in [0.1, 0.15) is 0 Å². The van der Waals surface area contributed by atoms with Crippen molar-refractivity contribution in [3.63, 3.8) is 0 Å². The van der Waals surface area contributed by atoms with Crippen LogP contribution in [0.2, 0.25) is 5.02 Å². The molecular weight excluding hydrogens is 144 g/mol. The maximum absolute atomic E-state index is 5.53. The highest BCUT2D eigenvalue weighted by atomic mass is 35.5. The minimum absolute atomic E-state index is 0.481. The number of halogens is 1. The molecule has 0 aliphatic rings. The summed E-state index contributed by atoms with van der Waals surface area (Å²) in [6.07, 6.45) is 1.55. The van der Waals surface area contributed by atoms with E-state index in [0.29, 0.717) is 9.66 Å². The maximum Gasteiger partial charge on any atom is 0.138 e. The third-order valence-electron chi connectivity index (χ3n) is 0.678. The molecule has 0 unspecified atom stereocenters. The van der Waals surface area contributed by atoms with Gasteiger partial charge >= 0.3 is 0 Å². The van der Waals surface area contributed by atoms with Gasteiger partial charge in [-0.2, -0.15) is 5.10 Å². The van der Waals surface area contributed by atoms with E-state index in [1.807, 2.05) is 0 Å². The van der Waals surface area contributed by atoms with Gasteiger partial charge in [0.05, 0.1) is 5.02 Å². The SMILES string of the molecule is S=c1[nH]nccc1Cl. The number of hydrogen-bond acceptors (Lipinski definition) is 2. The Labute approximate surface area is 56.5 Å². The Morgan fingerprint density at radius 3 is 2.88 bits per heavy atom. The lowest BCUT2D eigenvalue weighted by atomic mass is 10.6. The fourth-order valence-corrected chi connectivity index (χ4v) is 0.547. The van der Waals surface area contributed by atoms with Crippen LogP contribution in [-0.2, 0) is 0 Å². The van der Waals surface area contributed by atoms with Crippen LogP contribution in [0.25, 0.3) is 0 Å². The van der Waals surface area contributed by atoms with E-state index < -0.39 is 0 Å². The first-order chi connectivity index (χ1) is 3.80. The number of nitrogens with one attached hydrogen (secondary N) is 1. The van der Waals surface area contributed by atoms with Gasteiger partial charge in [-0.15, -0.1) is 0 Å². The van der Waals surface area contributed by atoms with Gasteiger partial charge < -0.3 is 0 Å². The van der Waals surface area contributed by atoms with Crippen molar-refractivity contribution in [3.8, 4) is 0 Å². The first kappa shape index (κ1) is 5.72. The third-order valence-corrected chi connectivity index (χ3v) is 1.42. The number of rotatable bonds is 0. The van der Waals surface area contributed by atoms with Crippen LogP contribution >= 0.6 is 23.8 Å². The number of hydrogen-bond donors (Lipinski definition) is 1. The molecule has 0 amide bonds. The number of nitrogens with zero attached hydrogens (tertiary/aromatic N) is 1. The molecule has 0 aromatic carbocycles. The van der Waals surface area contributed by atoms with Gasteiger partial charge in [0.2, 0.25) is 0 Å². The first-order valence-corrected chi connectivity index (χ1v) is 2.78. The second kappa shape index (κ2) is 2.24. The molecule has 1 rings (SSSR count). The van der Waals surface area contributed by atoms with Gasteiger partial charge in [0.1, 0.15) is 4.64 Å². The molecule has 0 aliphatic carbocycles. The van der Waals surface area contributed by atoms with Crippen LogP contribution in [0.5, 0.6) is 0 Å². The Kier molecular flexibility index (Phi) is 1.60. The van der Waals surface area contributed by atoms with Crippen molar-refractivity contribution < 1.29 is 0 Å². The molecule has 0 saturated heterocycles. The van der Waals surface area contributed by atoms with Gasteiger partial charge in [-0.25, -0.2) is 0 Å². The Bertz CT molecular complexity index is 231. The van der Waals surface area contributed by atoms with Crippen molar-refractivity contribution in [3.05, 3.63) is 21.9 Å². The molecule has 42 valence electrons. The fourth-order valence-electron chi connectivity index (χ4n) is 0.328. The van der Waals surface area contributed by atoms with Gasteiger partial charge in [-0.3, -0.25) is 5.10 Å². The molecule has 0 radical (unpaired) electrons. The van der Waals surface area contributed by atoms with Crippen molar-refractivity contribution in [1.29, 1.82) is 0 Å². The Hall–Kier alpha value is -0.410. The summed E-state index contributed by atoms with van der Waals surface area (Å²) in [5.74, 6) is 0. The van der Waals surface area contributed by atoms with Crippen molar-refractivity contribution in [2.45, 2.75) is 0 Å². The molecule has 1 aromatic heterocycles. The van der Waals surface area contributed by atoms with Crippen molar-refractivity contribution >= 4 is 23.8 Å². The summed E-state index contributed by atoms with van der Waals surface area (Å²) in [7, 11) is 0. The predicted octanol–water partition coefficient (Wildman–Crippen LogP) is 1.79. The molecular formula is C4H3ClN2S. The zero-order valence-electron chi connectivity index (χ0n) is 3.89. The maximum atomic E-state index is 5.53. The van der Waals surface area contributed by atoms with Gasteiger partial charge in [0.25, 0.3) is 0 Å². The molecule has 0 bridgehead atoms. The highest BCUT2D eigenvalue weighted by molar-refractivity contribution is 7.71. The van der Waals surface area contributed by atoms with Crippen molar-refractivity contribution in [1.82, 2.24) is 10.2 Å². The summed E-state index contributed by atoms with van der Waals surface area (Å²) in [6, 6.07) is 1.64. The summed E-state index contributed by atoms with van der Waals surface area (Å²) in [5.41, 5.74) is 0. The molecule has 0 aliphatic heterocycles. The average Bonchev–Trinajstić information content (AvgIpc) is 1.77. The standard InChI is InChI=1S/C4H3ClN2S/c5-3-1-2-6-7-4(3)8/h1-2H,(H,7,8). The van der Waals surface area contributed by atoms with E-state index in [1.165, 1.54) is 0 Å². The lowest BCUT2D eigenvalue weighted by molar-refractivity contribution is 1.02. The quantitative estimate of drug-likeness (QED) is 0.566. The largest absolute Gasteiger partial charge is 0.267 e. The van der Waals surface area contributed by atoms with Crippen molar-refractivity contribution in [2.75, 3.05) is 0 Å². The fraction of sp³-hybridized carbons (Fsp3) is 0. The van der Waals surface area contributed by atoms with Gasteiger partial charge in [-0.05, 0) is 6.07 Å². The van der Waals surface area contributed by atoms with E-state index in [4.69, 9.17) is 23.8 Å². The smallest absolute Gasteiger partial charge is 0.138 e. The van der Waals surface area contributed by atoms with E-state index >= 15 is 0 Å². The Morgan fingerprint density at radius 1 is 1.75 bits per heavy atom. The summed E-state index contributed by atoms with van der Waals surface area (Å²) in [5, 5.41) is 6.70. The molecule has 0 fully saturated rings. The van der Waals surface area contributed by atoms with E-state index in [-0.39, 0.29) is 0 Å². The highest BCUT2D eigenvalue weighted by Crippen LogP contribution is 2.03. The zero-order chi connectivity index (χ0) is 5.98. The van der Waals surface area contributed by atoms with Crippen LogP contribution in [0, 0.1) is 4.64 Å². The summed E-state index contributed by atoms with van der Waals surface area (Å²) >= 11 is 10.2. The van der Waals surface area contributed by atoms with E-state index in [2.05, 4.69) is 10.2 Å². The molecule has 1 heterocycles. The molecule has 8 heavy (non-hydrogen) atoms. The summed E-state index contributed by atoms with van der Waals surface area (Å²) in [4.78, 5) is 0. The number of H-pyrrole nitrogens is 1. The topological polar surface area (TPSA) is 28.7 Å². The Morgan fingerprint density at radius 2 is 2.50 bits per heavy atom. The van der Waals surface area contributed by atoms with Crippen LogP contribution < -0.4 is 0 Å². The Balaban J connectivity index is 3.35. The van der Waals surface area contributed by atoms with Gasteiger partial charge in [0, 0.05) is 6.20 Å². The molecule has 0 atom stereocenters. The van der Waals surface area contributed by atoms with Gasteiger partial charge in [0.15, 0.2) is 0 Å². The van der Waals surface area contributed by atoms with Crippen LogP contribution in [0.3, 0.4) is 0 Å². The van der Waals surface area contributed by atoms with Gasteiger partial charge in [-0.1, -0.05) is 23.8 Å². The van der Waals surface area contributed by atoms with E-state index in [0.717, 1.165) is 0 Å². The molecule has 1 aromatic rings. The van der Waals surface area contributed by atoms with E-state index in [9.17, 15) is 0 Å². The monoisotopic (exact) mass is 146 g/mol. The molecule has 2 nitrogen and oxygen atoms in total. The lowest BCUT2D eigenvalue weighted by Crippen LogP contribution is -1.77. The zero-order valence-corrected chi connectivity index (χ0v) is 5.46. The lowest BCUT2D eigenvalue weighted by Gasteiger charge is -1.83. The van der Waals surface area contributed by atoms with Crippen molar-refractivity contribution in [2.24, 2.45) is 0 Å². The molecule has 1 N–H and O–H groups in total. The predicted molar refractivity (Wildman–Crippen MR) is 34.4 cm³/mol. The average molecular weight is 147 g/mol. The van der Waals surface area contributed by atoms with Crippen LogP contribution in [0.4, 0.5) is 0 Å². The molecule has 0 saturated carbocycles. The second-order valence-corrected chi connectivity index (χ2v) is 2.05. The molecule has 4 heteroatoms. The van der Waals surface area contributed by atoms with E-state index in [1.54, 1.807) is 12.3 Å².